The fraction of sp³-hybridized carbons (Fsp3) is 0.526. The van der Waals surface area contributed by atoms with Crippen LogP contribution in [0, 0.1) is 18.8 Å². The van der Waals surface area contributed by atoms with E-state index in [1.165, 1.54) is 0 Å². The number of aliphatic carboxylic acids is 1. The van der Waals surface area contributed by atoms with Crippen molar-refractivity contribution in [3.63, 3.8) is 0 Å². The Balaban J connectivity index is 0.000000339. The number of halogens is 3. The molecule has 1 N–H and O–H groups in total. The van der Waals surface area contributed by atoms with Gasteiger partial charge in [-0.15, -0.1) is 0 Å². The van der Waals surface area contributed by atoms with Crippen molar-refractivity contribution in [1.82, 2.24) is 20.0 Å². The Bertz CT molecular complexity index is 905. The van der Waals surface area contributed by atoms with Gasteiger partial charge in [0.1, 0.15) is 0 Å². The van der Waals surface area contributed by atoms with E-state index in [4.69, 9.17) is 19.2 Å². The minimum Gasteiger partial charge on any atom is -0.475 e. The fourth-order valence-electron chi connectivity index (χ4n) is 3.63. The number of hydrogen-bond donors (Lipinski definition) is 1. The first-order chi connectivity index (χ1) is 14.6. The Kier molecular flexibility index (Phi) is 6.88. The third-order valence-corrected chi connectivity index (χ3v) is 5.10. The van der Waals surface area contributed by atoms with Gasteiger partial charge in [-0.2, -0.15) is 18.2 Å². The number of carboxylic acids is 1. The van der Waals surface area contributed by atoms with Crippen molar-refractivity contribution in [3.05, 3.63) is 41.8 Å². The van der Waals surface area contributed by atoms with Crippen molar-refractivity contribution in [3.8, 4) is 0 Å². The second kappa shape index (κ2) is 9.41. The summed E-state index contributed by atoms with van der Waals surface area (Å²) in [6, 6.07) is 5.64. The Morgan fingerprint density at radius 3 is 2.61 bits per heavy atom. The standard InChI is InChI=1S/C17H20N4O3.C2HF3O2/c1-11-19-16(24-20-11)6-12-10-23-15-9-21(8-14(12)15)17(22)7-13-4-2-3-5-18-13;3-2(4,5)1(6)7/h2-5,12,14-15H,6-10H2,1H3;(H,6,7)/t12-,14+,15+;/m0./s1. The molecule has 0 saturated carbocycles. The van der Waals surface area contributed by atoms with E-state index in [2.05, 4.69) is 15.1 Å². The number of aromatic nitrogens is 3. The van der Waals surface area contributed by atoms with Crippen LogP contribution in [0.25, 0.3) is 0 Å². The van der Waals surface area contributed by atoms with Crippen LogP contribution in [0.3, 0.4) is 0 Å². The van der Waals surface area contributed by atoms with Gasteiger partial charge >= 0.3 is 12.1 Å². The third-order valence-electron chi connectivity index (χ3n) is 5.10. The quantitative estimate of drug-likeness (QED) is 0.760. The predicted octanol–water partition coefficient (Wildman–Crippen LogP) is 1.66. The number of alkyl halides is 3. The second-order valence-electron chi connectivity index (χ2n) is 7.33. The van der Waals surface area contributed by atoms with Gasteiger partial charge in [0.05, 0.1) is 19.1 Å². The van der Waals surface area contributed by atoms with E-state index in [0.29, 0.717) is 49.5 Å². The summed E-state index contributed by atoms with van der Waals surface area (Å²) < 4.78 is 42.9. The molecule has 2 aliphatic heterocycles. The lowest BCUT2D eigenvalue weighted by atomic mass is 9.90. The number of pyridine rings is 1. The molecule has 9 nitrogen and oxygen atoms in total. The number of likely N-dealkylation sites (tertiary alicyclic amines) is 1. The van der Waals surface area contributed by atoms with E-state index < -0.39 is 12.1 Å². The maximum Gasteiger partial charge on any atom is 0.490 e. The highest BCUT2D eigenvalue weighted by Gasteiger charge is 2.45. The van der Waals surface area contributed by atoms with Crippen LogP contribution in [0.2, 0.25) is 0 Å². The summed E-state index contributed by atoms with van der Waals surface area (Å²) in [4.78, 5) is 31.8. The smallest absolute Gasteiger partial charge is 0.475 e. The maximum atomic E-state index is 12.5. The lowest BCUT2D eigenvalue weighted by Crippen LogP contribution is -2.32. The molecular weight excluding hydrogens is 421 g/mol. The lowest BCUT2D eigenvalue weighted by molar-refractivity contribution is -0.192. The summed E-state index contributed by atoms with van der Waals surface area (Å²) in [6.45, 7) is 3.90. The van der Waals surface area contributed by atoms with Crippen LogP contribution in [0.4, 0.5) is 13.2 Å². The van der Waals surface area contributed by atoms with Crippen LogP contribution in [0.1, 0.15) is 17.4 Å². The van der Waals surface area contributed by atoms with E-state index in [-0.39, 0.29) is 12.0 Å². The number of carbonyl (C=O) groups is 2. The van der Waals surface area contributed by atoms with Gasteiger partial charge < -0.3 is 19.3 Å². The summed E-state index contributed by atoms with van der Waals surface area (Å²) in [5.74, 6) is -0.682. The van der Waals surface area contributed by atoms with Crippen molar-refractivity contribution in [2.24, 2.45) is 11.8 Å². The SMILES string of the molecule is Cc1noc(C[C@H]2CO[C@@H]3CN(C(=O)Cc4ccccn4)C[C@H]23)n1.O=C(O)C(F)(F)F. The molecule has 2 aromatic heterocycles. The van der Waals surface area contributed by atoms with Crippen molar-refractivity contribution in [2.75, 3.05) is 19.7 Å². The highest BCUT2D eigenvalue weighted by Crippen LogP contribution is 2.35. The molecule has 1 amide bonds. The third kappa shape index (κ3) is 6.00. The molecule has 4 heterocycles. The summed E-state index contributed by atoms with van der Waals surface area (Å²) in [6.07, 6.45) is -2.20. The number of amides is 1. The number of carboxylic acid groups (broad SMARTS) is 1. The molecule has 0 aromatic carbocycles. The van der Waals surface area contributed by atoms with Crippen LogP contribution in [0.15, 0.2) is 28.9 Å². The molecule has 0 spiro atoms. The lowest BCUT2D eigenvalue weighted by Gasteiger charge is -2.19. The van der Waals surface area contributed by atoms with E-state index in [1.54, 1.807) is 6.20 Å². The first kappa shape index (κ1) is 22.7. The summed E-state index contributed by atoms with van der Waals surface area (Å²) >= 11 is 0. The van der Waals surface area contributed by atoms with Gasteiger partial charge in [-0.3, -0.25) is 9.78 Å². The topological polar surface area (TPSA) is 119 Å². The van der Waals surface area contributed by atoms with Crippen molar-refractivity contribution >= 4 is 11.9 Å². The van der Waals surface area contributed by atoms with Crippen LogP contribution in [-0.4, -0.2) is 69.0 Å². The number of carbonyl (C=O) groups excluding carboxylic acids is 1. The first-order valence-electron chi connectivity index (χ1n) is 9.52. The molecule has 0 unspecified atom stereocenters. The summed E-state index contributed by atoms with van der Waals surface area (Å²) in [5, 5.41) is 11.0. The predicted molar refractivity (Wildman–Crippen MR) is 97.7 cm³/mol. The Hall–Kier alpha value is -3.02. The molecule has 0 bridgehead atoms. The average molecular weight is 442 g/mol. The second-order valence-corrected chi connectivity index (χ2v) is 7.33. The molecule has 4 rings (SSSR count). The van der Waals surface area contributed by atoms with Crippen LogP contribution < -0.4 is 0 Å². The van der Waals surface area contributed by atoms with Gasteiger partial charge in [0.15, 0.2) is 5.82 Å². The maximum absolute atomic E-state index is 12.5. The molecule has 2 aliphatic rings. The number of fused-ring (bicyclic) bond motifs is 1. The molecule has 2 aromatic rings. The summed E-state index contributed by atoms with van der Waals surface area (Å²) in [5.41, 5.74) is 0.804. The molecule has 0 aliphatic carbocycles. The van der Waals surface area contributed by atoms with Crippen LogP contribution >= 0.6 is 0 Å². The van der Waals surface area contributed by atoms with Crippen LogP contribution in [0.5, 0.6) is 0 Å². The van der Waals surface area contributed by atoms with E-state index in [1.807, 2.05) is 30.0 Å². The van der Waals surface area contributed by atoms with Gasteiger partial charge in [0, 0.05) is 37.3 Å². The van der Waals surface area contributed by atoms with E-state index in [0.717, 1.165) is 12.2 Å². The van der Waals surface area contributed by atoms with Gasteiger partial charge in [-0.1, -0.05) is 11.2 Å². The molecule has 12 heteroatoms. The highest BCUT2D eigenvalue weighted by atomic mass is 19.4. The number of rotatable bonds is 4. The molecule has 168 valence electrons. The zero-order valence-corrected chi connectivity index (χ0v) is 16.6. The van der Waals surface area contributed by atoms with Gasteiger partial charge in [-0.05, 0) is 25.0 Å². The summed E-state index contributed by atoms with van der Waals surface area (Å²) in [7, 11) is 0. The zero-order valence-electron chi connectivity index (χ0n) is 16.6. The number of nitrogens with zero attached hydrogens (tertiary/aromatic N) is 4. The van der Waals surface area contributed by atoms with Gasteiger partial charge in [0.25, 0.3) is 0 Å². The number of aryl methyl sites for hydroxylation is 1. The fourth-order valence-corrected chi connectivity index (χ4v) is 3.63. The molecule has 31 heavy (non-hydrogen) atoms. The minimum atomic E-state index is -5.08. The van der Waals surface area contributed by atoms with Crippen molar-refractivity contribution < 1.29 is 37.1 Å². The Labute approximate surface area is 175 Å². The first-order valence-corrected chi connectivity index (χ1v) is 9.52. The number of ether oxygens (including phenoxy) is 1. The molecular formula is C19H21F3N4O5. The Morgan fingerprint density at radius 2 is 2.03 bits per heavy atom. The molecule has 3 atom stereocenters. The van der Waals surface area contributed by atoms with E-state index in [9.17, 15) is 18.0 Å². The largest absolute Gasteiger partial charge is 0.490 e. The molecule has 2 fully saturated rings. The minimum absolute atomic E-state index is 0.110. The highest BCUT2D eigenvalue weighted by molar-refractivity contribution is 5.78. The van der Waals surface area contributed by atoms with Crippen molar-refractivity contribution in [2.45, 2.75) is 32.0 Å². The average Bonchev–Trinajstić information content (AvgIpc) is 3.40. The van der Waals surface area contributed by atoms with Gasteiger partial charge in [0.2, 0.25) is 11.8 Å². The number of hydrogen-bond acceptors (Lipinski definition) is 7. The van der Waals surface area contributed by atoms with Crippen molar-refractivity contribution in [1.29, 1.82) is 0 Å². The normalized spacial score (nSPS) is 22.6. The zero-order chi connectivity index (χ0) is 22.6. The molecule has 0 radical (unpaired) electrons. The monoisotopic (exact) mass is 442 g/mol. The molecule has 2 saturated heterocycles. The van der Waals surface area contributed by atoms with E-state index >= 15 is 0 Å². The Morgan fingerprint density at radius 1 is 1.29 bits per heavy atom. The van der Waals surface area contributed by atoms with Crippen LogP contribution in [-0.2, 0) is 27.2 Å². The van der Waals surface area contributed by atoms with Gasteiger partial charge in [-0.25, -0.2) is 4.79 Å².